The number of alkyl halides is 3. The van der Waals surface area contributed by atoms with Gasteiger partial charge < -0.3 is 21.1 Å². The lowest BCUT2D eigenvalue weighted by Gasteiger charge is -2.15. The van der Waals surface area contributed by atoms with Gasteiger partial charge in [0.2, 0.25) is 5.91 Å². The Hall–Kier alpha value is -3.67. The molecule has 0 unspecified atom stereocenters. The highest BCUT2D eigenvalue weighted by atomic mass is 19.4. The Labute approximate surface area is 168 Å². The summed E-state index contributed by atoms with van der Waals surface area (Å²) in [6.45, 7) is 1.09. The highest BCUT2D eigenvalue weighted by Gasteiger charge is 2.38. The number of halogens is 3. The van der Waals surface area contributed by atoms with Crippen LogP contribution >= 0.6 is 0 Å². The molecule has 0 aromatic heterocycles. The van der Waals surface area contributed by atoms with E-state index in [4.69, 9.17) is 0 Å². The Bertz CT molecular complexity index is 948. The van der Waals surface area contributed by atoms with Gasteiger partial charge in [-0.3, -0.25) is 19.7 Å². The van der Waals surface area contributed by atoms with Gasteiger partial charge in [-0.2, -0.15) is 13.2 Å². The SMILES string of the molecule is CC(=O)Nc1ccc(NC[C@@H](O)C(=O)Nc2ccc([N+](=O)[O-])c(C(F)(F)F)c2)cc1. The van der Waals surface area contributed by atoms with E-state index in [9.17, 15) is 38.0 Å². The predicted octanol–water partition coefficient (Wildman–Crippen LogP) is 2.98. The summed E-state index contributed by atoms with van der Waals surface area (Å²) in [6, 6.07) is 8.34. The van der Waals surface area contributed by atoms with E-state index in [-0.39, 0.29) is 18.1 Å². The van der Waals surface area contributed by atoms with Gasteiger partial charge in [-0.15, -0.1) is 0 Å². The van der Waals surface area contributed by atoms with Gasteiger partial charge in [0, 0.05) is 36.6 Å². The molecule has 0 aliphatic rings. The van der Waals surface area contributed by atoms with Gasteiger partial charge in [0.1, 0.15) is 11.7 Å². The first-order valence-electron chi connectivity index (χ1n) is 8.43. The molecule has 0 spiro atoms. The molecule has 0 bridgehead atoms. The number of aliphatic hydroxyl groups excluding tert-OH is 1. The van der Waals surface area contributed by atoms with Crippen LogP contribution in [-0.4, -0.2) is 34.5 Å². The molecule has 2 aromatic carbocycles. The minimum atomic E-state index is -4.99. The lowest BCUT2D eigenvalue weighted by molar-refractivity contribution is -0.388. The van der Waals surface area contributed by atoms with Crippen molar-refractivity contribution in [3.05, 3.63) is 58.1 Å². The van der Waals surface area contributed by atoms with Crippen molar-refractivity contribution in [3.63, 3.8) is 0 Å². The van der Waals surface area contributed by atoms with Crippen LogP contribution in [0.2, 0.25) is 0 Å². The van der Waals surface area contributed by atoms with E-state index in [1.165, 1.54) is 6.92 Å². The summed E-state index contributed by atoms with van der Waals surface area (Å²) < 4.78 is 39.0. The van der Waals surface area contributed by atoms with Crippen molar-refractivity contribution in [2.75, 3.05) is 22.5 Å². The molecular weight excluding hydrogens is 409 g/mol. The van der Waals surface area contributed by atoms with E-state index < -0.39 is 34.4 Å². The standard InChI is InChI=1S/C18H17F3N4O5/c1-10(26)23-12-4-2-11(3-5-12)22-9-16(27)17(28)24-13-6-7-15(25(29)30)14(8-13)18(19,20)21/h2-8,16,22,27H,9H2,1H3,(H,23,26)(H,24,28)/t16-/m1/s1. The molecule has 0 saturated heterocycles. The van der Waals surface area contributed by atoms with Crippen molar-refractivity contribution in [1.82, 2.24) is 0 Å². The van der Waals surface area contributed by atoms with Crippen LogP contribution in [0.5, 0.6) is 0 Å². The molecule has 0 heterocycles. The Morgan fingerprint density at radius 1 is 1.07 bits per heavy atom. The molecule has 0 saturated carbocycles. The molecule has 12 heteroatoms. The van der Waals surface area contributed by atoms with Crippen molar-refractivity contribution in [1.29, 1.82) is 0 Å². The van der Waals surface area contributed by atoms with Crippen LogP contribution in [-0.2, 0) is 15.8 Å². The van der Waals surface area contributed by atoms with Crippen LogP contribution in [0.1, 0.15) is 12.5 Å². The Morgan fingerprint density at radius 3 is 2.17 bits per heavy atom. The summed E-state index contributed by atoms with van der Waals surface area (Å²) in [5, 5.41) is 28.1. The van der Waals surface area contributed by atoms with E-state index in [2.05, 4.69) is 16.0 Å². The third kappa shape index (κ3) is 6.17. The van der Waals surface area contributed by atoms with E-state index >= 15 is 0 Å². The number of benzene rings is 2. The zero-order valence-electron chi connectivity index (χ0n) is 15.5. The fraction of sp³-hybridized carbons (Fsp3) is 0.222. The molecule has 0 aliphatic heterocycles. The quantitative estimate of drug-likeness (QED) is 0.397. The van der Waals surface area contributed by atoms with Gasteiger partial charge in [0.25, 0.3) is 11.6 Å². The van der Waals surface area contributed by atoms with Gasteiger partial charge in [-0.25, -0.2) is 0 Å². The second-order valence-electron chi connectivity index (χ2n) is 6.13. The number of hydrogen-bond donors (Lipinski definition) is 4. The van der Waals surface area contributed by atoms with Gasteiger partial charge in [0.15, 0.2) is 0 Å². The highest BCUT2D eigenvalue weighted by molar-refractivity contribution is 5.94. The molecular formula is C18H17F3N4O5. The average Bonchev–Trinajstić information content (AvgIpc) is 2.65. The maximum Gasteiger partial charge on any atom is 0.423 e. The number of rotatable bonds is 7. The molecule has 160 valence electrons. The third-order valence-electron chi connectivity index (χ3n) is 3.77. The van der Waals surface area contributed by atoms with Crippen molar-refractivity contribution in [2.24, 2.45) is 0 Å². The van der Waals surface area contributed by atoms with Crippen molar-refractivity contribution in [3.8, 4) is 0 Å². The monoisotopic (exact) mass is 426 g/mol. The molecule has 0 aliphatic carbocycles. The fourth-order valence-electron chi connectivity index (χ4n) is 2.41. The van der Waals surface area contributed by atoms with Gasteiger partial charge in [-0.1, -0.05) is 0 Å². The molecule has 2 rings (SSSR count). The van der Waals surface area contributed by atoms with E-state index in [0.717, 1.165) is 6.07 Å². The van der Waals surface area contributed by atoms with Crippen LogP contribution in [0.3, 0.4) is 0 Å². The molecule has 30 heavy (non-hydrogen) atoms. The summed E-state index contributed by atoms with van der Waals surface area (Å²) in [5.74, 6) is -1.25. The van der Waals surface area contributed by atoms with Crippen molar-refractivity contribution in [2.45, 2.75) is 19.2 Å². The lowest BCUT2D eigenvalue weighted by atomic mass is 10.1. The second-order valence-corrected chi connectivity index (χ2v) is 6.13. The summed E-state index contributed by atoms with van der Waals surface area (Å²) >= 11 is 0. The molecule has 1 atom stereocenters. The summed E-state index contributed by atoms with van der Waals surface area (Å²) in [7, 11) is 0. The minimum Gasteiger partial charge on any atom is -0.382 e. The Balaban J connectivity index is 2.00. The topological polar surface area (TPSA) is 134 Å². The first kappa shape index (κ1) is 22.6. The Morgan fingerprint density at radius 2 is 1.63 bits per heavy atom. The average molecular weight is 426 g/mol. The molecule has 2 aromatic rings. The van der Waals surface area contributed by atoms with Gasteiger partial charge in [0.05, 0.1) is 4.92 Å². The van der Waals surface area contributed by atoms with Crippen molar-refractivity contribution < 1.29 is 32.8 Å². The van der Waals surface area contributed by atoms with Crippen LogP contribution in [0.25, 0.3) is 0 Å². The zero-order valence-corrected chi connectivity index (χ0v) is 15.5. The van der Waals surface area contributed by atoms with Gasteiger partial charge >= 0.3 is 6.18 Å². The number of aliphatic hydroxyl groups is 1. The maximum atomic E-state index is 13.0. The zero-order chi connectivity index (χ0) is 22.5. The number of amides is 2. The number of nitro benzene ring substituents is 1. The van der Waals surface area contributed by atoms with E-state index in [0.29, 0.717) is 23.5 Å². The molecule has 9 nitrogen and oxygen atoms in total. The number of hydrogen-bond acceptors (Lipinski definition) is 6. The van der Waals surface area contributed by atoms with Crippen LogP contribution in [0, 0.1) is 10.1 Å². The van der Waals surface area contributed by atoms with Crippen molar-refractivity contribution >= 4 is 34.6 Å². The second kappa shape index (κ2) is 9.22. The minimum absolute atomic E-state index is 0.247. The molecule has 0 radical (unpaired) electrons. The summed E-state index contributed by atoms with van der Waals surface area (Å²) in [6.07, 6.45) is -6.61. The van der Waals surface area contributed by atoms with E-state index in [1.807, 2.05) is 0 Å². The fourth-order valence-corrected chi connectivity index (χ4v) is 2.41. The smallest absolute Gasteiger partial charge is 0.382 e. The molecule has 2 amide bonds. The maximum absolute atomic E-state index is 13.0. The number of nitrogens with one attached hydrogen (secondary N) is 3. The first-order chi connectivity index (χ1) is 14.0. The largest absolute Gasteiger partial charge is 0.423 e. The van der Waals surface area contributed by atoms with Gasteiger partial charge in [-0.05, 0) is 36.4 Å². The summed E-state index contributed by atoms with van der Waals surface area (Å²) in [4.78, 5) is 32.6. The highest BCUT2D eigenvalue weighted by Crippen LogP contribution is 2.37. The number of carbonyl (C=O) groups excluding carboxylic acids is 2. The van der Waals surface area contributed by atoms with Crippen LogP contribution in [0.4, 0.5) is 35.9 Å². The third-order valence-corrected chi connectivity index (χ3v) is 3.77. The number of nitrogens with zero attached hydrogens (tertiary/aromatic N) is 1. The number of nitro groups is 1. The Kier molecular flexibility index (Phi) is 6.95. The molecule has 0 fully saturated rings. The molecule has 4 N–H and O–H groups in total. The van der Waals surface area contributed by atoms with Crippen LogP contribution < -0.4 is 16.0 Å². The summed E-state index contributed by atoms with van der Waals surface area (Å²) in [5.41, 5.74) is -1.95. The van der Waals surface area contributed by atoms with Crippen LogP contribution in [0.15, 0.2) is 42.5 Å². The van der Waals surface area contributed by atoms with E-state index in [1.54, 1.807) is 24.3 Å². The first-order valence-corrected chi connectivity index (χ1v) is 8.43. The number of carbonyl (C=O) groups is 2. The predicted molar refractivity (Wildman–Crippen MR) is 102 cm³/mol. The number of anilines is 3. The lowest BCUT2D eigenvalue weighted by Crippen LogP contribution is -2.33. The normalized spacial score (nSPS) is 12.0.